The van der Waals surface area contributed by atoms with Gasteiger partial charge in [0.2, 0.25) is 0 Å². The Morgan fingerprint density at radius 2 is 1.36 bits per heavy atom. The molecular weight excluding hydrogens is 353 g/mol. The zero-order valence-corrected chi connectivity index (χ0v) is 14.5. The molecule has 0 radical (unpaired) electrons. The molecule has 3 aromatic carbocycles. The molecule has 0 spiro atoms. The lowest BCUT2D eigenvalue weighted by molar-refractivity contribution is 1.13. The fourth-order valence-corrected chi connectivity index (χ4v) is 3.60. The molecule has 0 saturated heterocycles. The van der Waals surface area contributed by atoms with Gasteiger partial charge in [0.25, 0.3) is 0 Å². The average Bonchev–Trinajstić information content (AvgIpc) is 2.95. The molecule has 2 aromatic heterocycles. The Balaban J connectivity index is 2.02. The number of halogens is 2. The molecule has 5 aromatic rings. The Kier molecular flexibility index (Phi) is 3.20. The van der Waals surface area contributed by atoms with Crippen LogP contribution < -0.4 is 0 Å². The highest BCUT2D eigenvalue weighted by molar-refractivity contribution is 6.40. The van der Waals surface area contributed by atoms with Crippen molar-refractivity contribution in [1.82, 2.24) is 14.5 Å². The van der Waals surface area contributed by atoms with Crippen molar-refractivity contribution in [2.75, 3.05) is 0 Å². The van der Waals surface area contributed by atoms with Crippen molar-refractivity contribution >= 4 is 56.0 Å². The van der Waals surface area contributed by atoms with Crippen LogP contribution in [0.25, 0.3) is 38.5 Å². The van der Waals surface area contributed by atoms with Crippen LogP contribution in [-0.4, -0.2) is 14.5 Å². The fourth-order valence-electron chi connectivity index (χ4n) is 3.35. The Morgan fingerprint density at radius 1 is 0.680 bits per heavy atom. The number of rotatable bonds is 1. The van der Waals surface area contributed by atoms with Crippen molar-refractivity contribution in [3.8, 4) is 5.69 Å². The molecule has 25 heavy (non-hydrogen) atoms. The predicted molar refractivity (Wildman–Crippen MR) is 104 cm³/mol. The summed E-state index contributed by atoms with van der Waals surface area (Å²) < 4.78 is 2.10. The van der Waals surface area contributed by atoms with E-state index in [0.29, 0.717) is 5.65 Å². The maximum atomic E-state index is 6.17. The summed E-state index contributed by atoms with van der Waals surface area (Å²) in [5, 5.41) is 3.73. The Hall–Kier alpha value is -2.62. The van der Waals surface area contributed by atoms with Crippen molar-refractivity contribution in [3.05, 3.63) is 77.0 Å². The van der Waals surface area contributed by atoms with Gasteiger partial charge in [0, 0.05) is 10.8 Å². The second kappa shape index (κ2) is 5.45. The van der Waals surface area contributed by atoms with Crippen LogP contribution in [0, 0.1) is 0 Å². The molecule has 0 bridgehead atoms. The van der Waals surface area contributed by atoms with Gasteiger partial charge < -0.3 is 0 Å². The van der Waals surface area contributed by atoms with Crippen LogP contribution in [0.15, 0.2) is 66.7 Å². The van der Waals surface area contributed by atoms with E-state index < -0.39 is 0 Å². The van der Waals surface area contributed by atoms with Gasteiger partial charge in [-0.2, -0.15) is 0 Å². The number of aromatic nitrogens is 3. The zero-order valence-electron chi connectivity index (χ0n) is 12.9. The minimum atomic E-state index is 0.207. The molecule has 0 fully saturated rings. The van der Waals surface area contributed by atoms with E-state index in [0.717, 1.165) is 27.5 Å². The summed E-state index contributed by atoms with van der Waals surface area (Å²) in [4.78, 5) is 9.01. The summed E-state index contributed by atoms with van der Waals surface area (Å²) in [5.41, 5.74) is 3.51. The lowest BCUT2D eigenvalue weighted by atomic mass is 10.1. The summed E-state index contributed by atoms with van der Waals surface area (Å²) in [7, 11) is 0. The second-order valence-corrected chi connectivity index (χ2v) is 6.54. The fraction of sp³-hybridized carbons (Fsp3) is 0. The zero-order chi connectivity index (χ0) is 17.0. The summed E-state index contributed by atoms with van der Waals surface area (Å²) in [6.07, 6.45) is 0. The SMILES string of the molecule is Clc1nc2c3ccccc3n(-c3cccc4ccccc34)c2nc1Cl. The van der Waals surface area contributed by atoms with Crippen LogP contribution in [0.2, 0.25) is 10.3 Å². The number of nitrogens with zero attached hydrogens (tertiary/aromatic N) is 3. The summed E-state index contributed by atoms with van der Waals surface area (Å²) in [5.74, 6) is 0. The van der Waals surface area contributed by atoms with Crippen molar-refractivity contribution in [2.45, 2.75) is 0 Å². The molecule has 5 rings (SSSR count). The van der Waals surface area contributed by atoms with E-state index in [1.165, 1.54) is 5.39 Å². The predicted octanol–water partition coefficient (Wildman–Crippen LogP) is 6.03. The Bertz CT molecular complexity index is 1270. The van der Waals surface area contributed by atoms with Crippen LogP contribution in [0.1, 0.15) is 0 Å². The van der Waals surface area contributed by atoms with Crippen molar-refractivity contribution < 1.29 is 0 Å². The van der Waals surface area contributed by atoms with Crippen LogP contribution in [-0.2, 0) is 0 Å². The summed E-state index contributed by atoms with van der Waals surface area (Å²) in [6.45, 7) is 0. The van der Waals surface area contributed by atoms with Gasteiger partial charge >= 0.3 is 0 Å². The topological polar surface area (TPSA) is 30.7 Å². The second-order valence-electron chi connectivity index (χ2n) is 5.83. The lowest BCUT2D eigenvalue weighted by Gasteiger charge is -2.10. The first-order valence-corrected chi connectivity index (χ1v) is 8.60. The molecule has 2 heterocycles. The molecule has 5 heteroatoms. The van der Waals surface area contributed by atoms with Gasteiger partial charge in [0.05, 0.1) is 11.2 Å². The van der Waals surface area contributed by atoms with Gasteiger partial charge in [0.15, 0.2) is 16.0 Å². The van der Waals surface area contributed by atoms with Gasteiger partial charge in [-0.3, -0.25) is 4.57 Å². The van der Waals surface area contributed by atoms with Crippen molar-refractivity contribution in [2.24, 2.45) is 0 Å². The normalized spacial score (nSPS) is 11.6. The number of para-hydroxylation sites is 1. The van der Waals surface area contributed by atoms with E-state index in [9.17, 15) is 0 Å². The van der Waals surface area contributed by atoms with E-state index in [1.54, 1.807) is 0 Å². The number of fused-ring (bicyclic) bond motifs is 4. The van der Waals surface area contributed by atoms with E-state index >= 15 is 0 Å². The smallest absolute Gasteiger partial charge is 0.168 e. The molecule has 0 amide bonds. The highest BCUT2D eigenvalue weighted by Gasteiger charge is 2.17. The largest absolute Gasteiger partial charge is 0.292 e. The molecule has 3 nitrogen and oxygen atoms in total. The summed E-state index contributed by atoms with van der Waals surface area (Å²) in [6, 6.07) is 22.6. The lowest BCUT2D eigenvalue weighted by Crippen LogP contribution is -1.97. The average molecular weight is 364 g/mol. The molecule has 120 valence electrons. The van der Waals surface area contributed by atoms with Crippen LogP contribution in [0.3, 0.4) is 0 Å². The molecule has 0 N–H and O–H groups in total. The standard InChI is InChI=1S/C20H11Cl2N3/c21-18-19(22)24-20-17(23-18)14-9-3-4-10-16(14)25(20)15-11-5-7-12-6-1-2-8-13(12)15/h1-11H. The van der Waals surface area contributed by atoms with E-state index in [4.69, 9.17) is 23.2 Å². The van der Waals surface area contributed by atoms with Crippen LogP contribution >= 0.6 is 23.2 Å². The van der Waals surface area contributed by atoms with E-state index in [-0.39, 0.29) is 10.3 Å². The number of benzene rings is 3. The first-order valence-electron chi connectivity index (χ1n) is 7.84. The third-order valence-corrected chi connectivity index (χ3v) is 5.04. The van der Waals surface area contributed by atoms with Gasteiger partial charge in [-0.15, -0.1) is 0 Å². The Labute approximate surface area is 153 Å². The quantitative estimate of drug-likeness (QED) is 0.363. The minimum Gasteiger partial charge on any atom is -0.292 e. The van der Waals surface area contributed by atoms with Gasteiger partial charge in [-0.1, -0.05) is 77.8 Å². The van der Waals surface area contributed by atoms with Gasteiger partial charge in [-0.25, -0.2) is 9.97 Å². The molecule has 0 saturated carbocycles. The summed E-state index contributed by atoms with van der Waals surface area (Å²) >= 11 is 12.3. The first kappa shape index (κ1) is 14.7. The van der Waals surface area contributed by atoms with E-state index in [2.05, 4.69) is 44.9 Å². The highest BCUT2D eigenvalue weighted by atomic mass is 35.5. The Morgan fingerprint density at radius 3 is 2.24 bits per heavy atom. The highest BCUT2D eigenvalue weighted by Crippen LogP contribution is 2.34. The van der Waals surface area contributed by atoms with Crippen LogP contribution in [0.4, 0.5) is 0 Å². The third-order valence-electron chi connectivity index (χ3n) is 4.42. The number of hydrogen-bond acceptors (Lipinski definition) is 2. The maximum absolute atomic E-state index is 6.17. The van der Waals surface area contributed by atoms with Crippen molar-refractivity contribution in [1.29, 1.82) is 0 Å². The first-order chi connectivity index (χ1) is 12.2. The monoisotopic (exact) mass is 363 g/mol. The number of hydrogen-bond donors (Lipinski definition) is 0. The van der Waals surface area contributed by atoms with Gasteiger partial charge in [0.1, 0.15) is 5.52 Å². The molecule has 0 aliphatic heterocycles. The minimum absolute atomic E-state index is 0.207. The molecule has 0 atom stereocenters. The van der Waals surface area contributed by atoms with Gasteiger partial charge in [-0.05, 0) is 17.5 Å². The molecular formula is C20H11Cl2N3. The third kappa shape index (κ3) is 2.13. The molecule has 0 unspecified atom stereocenters. The van der Waals surface area contributed by atoms with E-state index in [1.807, 2.05) is 36.4 Å². The van der Waals surface area contributed by atoms with Crippen LogP contribution in [0.5, 0.6) is 0 Å². The maximum Gasteiger partial charge on any atom is 0.168 e. The molecule has 0 aliphatic rings. The van der Waals surface area contributed by atoms with Crippen molar-refractivity contribution in [3.63, 3.8) is 0 Å². The molecule has 0 aliphatic carbocycles.